The molecule has 9 heterocycles. The third kappa shape index (κ3) is 18.5. The topological polar surface area (TPSA) is 741 Å². The fourth-order valence-electron chi connectivity index (χ4n) is 13.6. The Morgan fingerprint density at radius 1 is 0.267 bits per heavy atom. The number of carbonyl (C=O) groups excluding carboxylic acids is 2. The van der Waals surface area contributed by atoms with Gasteiger partial charge < -0.3 is 224 Å². The molecule has 9 rings (SSSR count). The van der Waals surface area contributed by atoms with Gasteiger partial charge in [0.2, 0.25) is 11.8 Å². The first-order chi connectivity index (χ1) is 49.7. The zero-order valence-corrected chi connectivity index (χ0v) is 56.0. The molecule has 47 nitrogen and oxygen atoms in total. The summed E-state index contributed by atoms with van der Waals surface area (Å²) in [7, 11) is 0. The molecule has 0 bridgehead atoms. The highest BCUT2D eigenvalue weighted by atomic mass is 16.8. The Morgan fingerprint density at radius 2 is 0.562 bits per heavy atom. The van der Waals surface area contributed by atoms with Crippen molar-refractivity contribution in [3.05, 3.63) is 0 Å². The van der Waals surface area contributed by atoms with E-state index >= 15 is 0 Å². The molecule has 0 spiro atoms. The van der Waals surface area contributed by atoms with Crippen LogP contribution in [-0.2, 0) is 90.1 Å². The Hall–Kier alpha value is -2.78. The number of rotatable bonds is 26. The summed E-state index contributed by atoms with van der Waals surface area (Å²) >= 11 is 0. The van der Waals surface area contributed by atoms with Crippen LogP contribution in [0.15, 0.2) is 0 Å². The summed E-state index contributed by atoms with van der Waals surface area (Å²) in [5, 5.41) is 288. The van der Waals surface area contributed by atoms with Gasteiger partial charge >= 0.3 is 0 Å². The van der Waals surface area contributed by atoms with Gasteiger partial charge in [-0.05, 0) is 6.92 Å². The quantitative estimate of drug-likeness (QED) is 0.0382. The van der Waals surface area contributed by atoms with E-state index in [0.717, 1.165) is 13.8 Å². The van der Waals surface area contributed by atoms with Crippen molar-refractivity contribution in [3.8, 4) is 0 Å². The molecule has 28 N–H and O–H groups in total. The fourth-order valence-corrected chi connectivity index (χ4v) is 13.6. The average molecular weight is 1540 g/mol. The van der Waals surface area contributed by atoms with Crippen LogP contribution in [0.3, 0.4) is 0 Å². The van der Waals surface area contributed by atoms with Gasteiger partial charge in [0.15, 0.2) is 56.6 Å². The van der Waals surface area contributed by atoms with Crippen LogP contribution >= 0.6 is 0 Å². The lowest BCUT2D eigenvalue weighted by Crippen LogP contribution is -2.69. The molecule has 9 saturated heterocycles. The lowest BCUT2D eigenvalue weighted by molar-refractivity contribution is -0.397. The number of carbonyl (C=O) groups is 2. The molecule has 0 radical (unpaired) electrons. The molecule has 105 heavy (non-hydrogen) atoms. The Bertz CT molecular complexity index is 2690. The fraction of sp³-hybridized carbons (Fsp3) is 0.966. The van der Waals surface area contributed by atoms with E-state index in [9.17, 15) is 142 Å². The normalized spacial score (nSPS) is 51.5. The maximum atomic E-state index is 12.7. The third-order valence-corrected chi connectivity index (χ3v) is 19.5. The predicted octanol–water partition coefficient (Wildman–Crippen LogP) is -19.3. The zero-order valence-electron chi connectivity index (χ0n) is 56.0. The zero-order chi connectivity index (χ0) is 77.2. The van der Waals surface area contributed by atoms with E-state index in [0.29, 0.717) is 0 Å². The molecular weight excluding hydrogens is 1440 g/mol. The SMILES string of the molecule is CC(=O)N[C@H]1[C@H](OC[C@H]2OC(O)[C@H](NC(C)=O)[C@@H](O[C@@H]3O[C@H](CO)[C@H](O[C@H]4O[C@H](CO)[C@H](O)[C@H](O[C@H]5O[C@H](CO)[C@H](O)[C@H](O)[C@H]5O[C@@H]5O[C@@H](C)[C@@H](O)[C@@H](O)[C@@H]5O)[C@H]4O)[C@H](O)[C@H]3O)[C@H]2O)O[C@H](CO)[C@@H](O[C@@H]2O[C@H](CO)[C@H](O[C@H]3O[C@H](CO)[C@H](O)[C@H](O[C@H]4O[C@H](CO)[C@H](O)[C@H](O)[C@H]4O)[C@@H]3O)[C@H](O)[C@H]2O)[C@@H]1O. The van der Waals surface area contributed by atoms with Gasteiger partial charge in [-0.1, -0.05) is 0 Å². The number of hydrogen-bond donors (Lipinski definition) is 28. The van der Waals surface area contributed by atoms with Crippen LogP contribution in [0.2, 0.25) is 0 Å². The molecule has 0 aromatic heterocycles. The highest BCUT2D eigenvalue weighted by molar-refractivity contribution is 5.73. The summed E-state index contributed by atoms with van der Waals surface area (Å²) in [4.78, 5) is 25.3. The highest BCUT2D eigenvalue weighted by Gasteiger charge is 2.60. The molecule has 9 aliphatic rings. The molecule has 610 valence electrons. The minimum Gasteiger partial charge on any atom is -0.394 e. The summed E-state index contributed by atoms with van der Waals surface area (Å²) in [6.45, 7) is -4.97. The number of nitrogens with one attached hydrogen (secondary N) is 2. The van der Waals surface area contributed by atoms with Gasteiger partial charge in [-0.25, -0.2) is 0 Å². The van der Waals surface area contributed by atoms with Crippen molar-refractivity contribution in [1.29, 1.82) is 0 Å². The van der Waals surface area contributed by atoms with Crippen molar-refractivity contribution in [2.75, 3.05) is 52.9 Å². The van der Waals surface area contributed by atoms with Crippen molar-refractivity contribution >= 4 is 11.8 Å². The second kappa shape index (κ2) is 37.2. The summed E-state index contributed by atoms with van der Waals surface area (Å²) in [5.41, 5.74) is 0. The van der Waals surface area contributed by atoms with Crippen LogP contribution in [0.5, 0.6) is 0 Å². The molecule has 0 saturated carbocycles. The van der Waals surface area contributed by atoms with Gasteiger partial charge in [0.1, 0.15) is 214 Å². The number of hydrogen-bond acceptors (Lipinski definition) is 45. The number of aliphatic hydroxyl groups is 26. The van der Waals surface area contributed by atoms with Gasteiger partial charge in [0, 0.05) is 13.8 Å². The second-order valence-corrected chi connectivity index (χ2v) is 26.7. The average Bonchev–Trinajstić information content (AvgIpc) is 0.764. The van der Waals surface area contributed by atoms with Crippen LogP contribution in [0.4, 0.5) is 0 Å². The number of aliphatic hydroxyl groups excluding tert-OH is 26. The van der Waals surface area contributed by atoms with E-state index in [2.05, 4.69) is 10.6 Å². The molecule has 9 aliphatic heterocycles. The molecule has 0 aliphatic carbocycles. The van der Waals surface area contributed by atoms with Crippen molar-refractivity contribution in [3.63, 3.8) is 0 Å². The van der Waals surface area contributed by atoms with Crippen LogP contribution in [-0.4, -0.2) is 474 Å². The minimum absolute atomic E-state index is 0.876. The largest absolute Gasteiger partial charge is 0.394 e. The predicted molar refractivity (Wildman–Crippen MR) is 319 cm³/mol. The first-order valence-electron chi connectivity index (χ1n) is 33.5. The van der Waals surface area contributed by atoms with Crippen molar-refractivity contribution < 1.29 is 223 Å². The van der Waals surface area contributed by atoms with Gasteiger partial charge in [-0.2, -0.15) is 0 Å². The summed E-state index contributed by atoms with van der Waals surface area (Å²) in [5.74, 6) is -1.75. The molecule has 0 aromatic rings. The number of amides is 2. The summed E-state index contributed by atoms with van der Waals surface area (Å²) in [6, 6.07) is -3.58. The summed E-state index contributed by atoms with van der Waals surface area (Å²) < 4.78 is 97.3. The van der Waals surface area contributed by atoms with E-state index in [4.69, 9.17) is 80.5 Å². The first-order valence-corrected chi connectivity index (χ1v) is 33.5. The maximum Gasteiger partial charge on any atom is 0.217 e. The molecule has 1 unspecified atom stereocenters. The Morgan fingerprint density at radius 3 is 1.00 bits per heavy atom. The van der Waals surface area contributed by atoms with Gasteiger partial charge in [-0.15, -0.1) is 0 Å². The van der Waals surface area contributed by atoms with E-state index in [-0.39, 0.29) is 0 Å². The molecule has 9 fully saturated rings. The van der Waals surface area contributed by atoms with E-state index in [1.54, 1.807) is 0 Å². The molecule has 47 heteroatoms. The Balaban J connectivity index is 0.849. The van der Waals surface area contributed by atoms with Crippen molar-refractivity contribution in [1.82, 2.24) is 10.6 Å². The van der Waals surface area contributed by atoms with E-state index in [1.807, 2.05) is 0 Å². The smallest absolute Gasteiger partial charge is 0.217 e. The van der Waals surface area contributed by atoms with E-state index < -0.39 is 341 Å². The molecule has 2 amide bonds. The number of ether oxygens (including phenoxy) is 17. The minimum atomic E-state index is -2.34. The summed E-state index contributed by atoms with van der Waals surface area (Å²) in [6.07, 6.45) is -84.7. The van der Waals surface area contributed by atoms with Gasteiger partial charge in [0.25, 0.3) is 0 Å². The van der Waals surface area contributed by atoms with Crippen LogP contribution in [0, 0.1) is 0 Å². The molecule has 45 atom stereocenters. The lowest BCUT2D eigenvalue weighted by atomic mass is 9.94. The van der Waals surface area contributed by atoms with E-state index in [1.165, 1.54) is 6.92 Å². The maximum absolute atomic E-state index is 12.7. The first kappa shape index (κ1) is 86.2. The Labute approximate surface area is 593 Å². The second-order valence-electron chi connectivity index (χ2n) is 26.7. The van der Waals surface area contributed by atoms with Crippen molar-refractivity contribution in [2.45, 2.75) is 297 Å². The molecular formula is C58H98N2O45. The van der Waals surface area contributed by atoms with Crippen LogP contribution < -0.4 is 10.6 Å². The van der Waals surface area contributed by atoms with Crippen molar-refractivity contribution in [2.24, 2.45) is 0 Å². The molecule has 0 aromatic carbocycles. The monoisotopic (exact) mass is 1540 g/mol. The van der Waals surface area contributed by atoms with Crippen LogP contribution in [0.25, 0.3) is 0 Å². The Kier molecular flexibility index (Phi) is 30.6. The van der Waals surface area contributed by atoms with Crippen LogP contribution in [0.1, 0.15) is 20.8 Å². The van der Waals surface area contributed by atoms with Gasteiger partial charge in [-0.3, -0.25) is 9.59 Å². The third-order valence-electron chi connectivity index (χ3n) is 19.5. The van der Waals surface area contributed by atoms with Gasteiger partial charge in [0.05, 0.1) is 59.0 Å². The standard InChI is InChI=1S/C58H98N2O45/c1-12-25(70)32(77)37(82)52(90-12)105-49-34(79)27(72)16(5-62)95-58(49)104-48-29(74)18(7-64)94-57(42(48)87)101-45-21(10-67)98-55(40(85)36(45)81)102-46-24(60-14(3)69)50(88)91-22(30(46)75)11-89-51-23(59-13(2)68)31(76)43(19(8-65)96-51)99-54-39(84)35(80)44(20(9-66)97-54)100-56-41(86)47(28(73)17(6-63)93-56)103-53-38(83)33(78)26(71)15(4-61)92-53/h12,15-58,61-67,70-88H,4-11H2,1-3H3,(H,59,68)(H,60,69)/t12-,15+,16+,17+,18+,19+,20+,21+,22+,23+,24+,25+,26-,27-,28-,29-,30-,31+,32+,33-,34-,35+,36+,37-,38+,39+,40+,41-,42+,43+,44-,45-,46+,47-,48-,49+,50?,51+,52-,53+,54-,55-,56+,57+,58+/m0/s1. The lowest BCUT2D eigenvalue weighted by Gasteiger charge is -2.50. The highest BCUT2D eigenvalue weighted by Crippen LogP contribution is 2.39.